The molecular formula is C9H12O4. The number of ether oxygens (including phenoxy) is 2. The Bertz CT molecular complexity index is 240. The maximum absolute atomic E-state index is 10.3. The highest BCUT2D eigenvalue weighted by Gasteiger charge is 1.96. The molecule has 0 saturated carbocycles. The minimum atomic E-state index is -0.290. The summed E-state index contributed by atoms with van der Waals surface area (Å²) >= 11 is 0. The number of esters is 1. The van der Waals surface area contributed by atoms with Crippen LogP contribution in [0, 0.1) is 0 Å². The molecular weight excluding hydrogens is 172 g/mol. The first-order valence-electron chi connectivity index (χ1n) is 4.02. The van der Waals surface area contributed by atoms with Gasteiger partial charge in [0, 0.05) is 6.92 Å². The van der Waals surface area contributed by atoms with Crippen LogP contribution in [0.5, 0.6) is 0 Å². The Morgan fingerprint density at radius 3 is 3.00 bits per heavy atom. The quantitative estimate of drug-likeness (QED) is 0.512. The normalized spacial score (nSPS) is 9.92. The van der Waals surface area contributed by atoms with Crippen LogP contribution < -0.4 is 0 Å². The van der Waals surface area contributed by atoms with E-state index in [2.05, 4.69) is 4.74 Å². The second-order valence-corrected chi connectivity index (χ2v) is 2.47. The molecule has 0 aromatic carbocycles. The van der Waals surface area contributed by atoms with Gasteiger partial charge in [-0.1, -0.05) is 0 Å². The maximum Gasteiger partial charge on any atom is 0.302 e. The van der Waals surface area contributed by atoms with Crippen LogP contribution >= 0.6 is 0 Å². The van der Waals surface area contributed by atoms with Gasteiger partial charge < -0.3 is 13.9 Å². The zero-order valence-electron chi connectivity index (χ0n) is 7.49. The first kappa shape index (κ1) is 9.80. The summed E-state index contributed by atoms with van der Waals surface area (Å²) in [7, 11) is 0. The van der Waals surface area contributed by atoms with Gasteiger partial charge >= 0.3 is 5.97 Å². The van der Waals surface area contributed by atoms with E-state index in [1.165, 1.54) is 6.92 Å². The van der Waals surface area contributed by atoms with Crippen LogP contribution in [0.3, 0.4) is 0 Å². The average Bonchev–Trinajstić information content (AvgIpc) is 2.55. The highest BCUT2D eigenvalue weighted by Crippen LogP contribution is 2.00. The molecule has 13 heavy (non-hydrogen) atoms. The fraction of sp³-hybridized carbons (Fsp3) is 0.444. The largest absolute Gasteiger partial charge is 0.467 e. The van der Waals surface area contributed by atoms with E-state index in [1.54, 1.807) is 12.3 Å². The van der Waals surface area contributed by atoms with Crippen molar-refractivity contribution in [2.75, 3.05) is 13.2 Å². The van der Waals surface area contributed by atoms with E-state index < -0.39 is 0 Å². The third-order valence-electron chi connectivity index (χ3n) is 1.36. The van der Waals surface area contributed by atoms with E-state index in [9.17, 15) is 4.79 Å². The fourth-order valence-electron chi connectivity index (χ4n) is 0.812. The molecule has 72 valence electrons. The summed E-state index contributed by atoms with van der Waals surface area (Å²) in [5, 5.41) is 0. The van der Waals surface area contributed by atoms with Gasteiger partial charge in [-0.15, -0.1) is 0 Å². The molecule has 1 aromatic rings. The monoisotopic (exact) mass is 184 g/mol. The number of hydrogen-bond donors (Lipinski definition) is 0. The molecule has 0 aliphatic carbocycles. The molecule has 1 aromatic heterocycles. The molecule has 0 aliphatic rings. The van der Waals surface area contributed by atoms with Crippen molar-refractivity contribution < 1.29 is 18.7 Å². The standard InChI is InChI=1S/C9H12O4/c1-8(10)12-6-5-11-7-9-3-2-4-13-9/h2-4H,5-7H2,1H3. The minimum absolute atomic E-state index is 0.288. The number of carbonyl (C=O) groups excluding carboxylic acids is 1. The van der Waals surface area contributed by atoms with Crippen molar-refractivity contribution in [2.45, 2.75) is 13.5 Å². The second-order valence-electron chi connectivity index (χ2n) is 2.47. The van der Waals surface area contributed by atoms with E-state index in [4.69, 9.17) is 9.15 Å². The Balaban J connectivity index is 1.99. The smallest absolute Gasteiger partial charge is 0.302 e. The predicted octanol–water partition coefficient (Wildman–Crippen LogP) is 1.36. The zero-order valence-corrected chi connectivity index (χ0v) is 7.49. The van der Waals surface area contributed by atoms with Gasteiger partial charge in [0.05, 0.1) is 12.9 Å². The Morgan fingerprint density at radius 2 is 2.38 bits per heavy atom. The van der Waals surface area contributed by atoms with Crippen molar-refractivity contribution in [3.63, 3.8) is 0 Å². The van der Waals surface area contributed by atoms with Gasteiger partial charge in [0.1, 0.15) is 19.0 Å². The van der Waals surface area contributed by atoms with Crippen molar-refractivity contribution in [3.05, 3.63) is 24.2 Å². The molecule has 0 unspecified atom stereocenters. The Morgan fingerprint density at radius 1 is 1.54 bits per heavy atom. The molecule has 0 N–H and O–H groups in total. The first-order chi connectivity index (χ1) is 6.29. The van der Waals surface area contributed by atoms with Gasteiger partial charge in [-0.05, 0) is 12.1 Å². The molecule has 0 saturated heterocycles. The lowest BCUT2D eigenvalue weighted by Gasteiger charge is -2.01. The van der Waals surface area contributed by atoms with Crippen molar-refractivity contribution >= 4 is 5.97 Å². The van der Waals surface area contributed by atoms with Crippen LogP contribution in [0.1, 0.15) is 12.7 Å². The van der Waals surface area contributed by atoms with Gasteiger partial charge in [-0.3, -0.25) is 4.79 Å². The molecule has 1 heterocycles. The minimum Gasteiger partial charge on any atom is -0.467 e. The highest BCUT2D eigenvalue weighted by atomic mass is 16.6. The van der Waals surface area contributed by atoms with Crippen molar-refractivity contribution in [1.29, 1.82) is 0 Å². The number of furan rings is 1. The summed E-state index contributed by atoms with van der Waals surface area (Å²) in [4.78, 5) is 10.3. The Kier molecular flexibility index (Phi) is 4.05. The van der Waals surface area contributed by atoms with Gasteiger partial charge in [0.25, 0.3) is 0 Å². The van der Waals surface area contributed by atoms with E-state index >= 15 is 0 Å². The Hall–Kier alpha value is -1.29. The van der Waals surface area contributed by atoms with E-state index in [0.29, 0.717) is 13.2 Å². The molecule has 0 aliphatic heterocycles. The maximum atomic E-state index is 10.3. The summed E-state index contributed by atoms with van der Waals surface area (Å²) in [5.41, 5.74) is 0. The van der Waals surface area contributed by atoms with Crippen molar-refractivity contribution in [1.82, 2.24) is 0 Å². The molecule has 4 nitrogen and oxygen atoms in total. The van der Waals surface area contributed by atoms with Crippen LogP contribution in [0.4, 0.5) is 0 Å². The molecule has 0 spiro atoms. The van der Waals surface area contributed by atoms with Crippen LogP contribution in [-0.4, -0.2) is 19.2 Å². The second kappa shape index (κ2) is 5.37. The van der Waals surface area contributed by atoms with Crippen LogP contribution in [0.15, 0.2) is 22.8 Å². The van der Waals surface area contributed by atoms with Crippen molar-refractivity contribution in [3.8, 4) is 0 Å². The lowest BCUT2D eigenvalue weighted by Crippen LogP contribution is -2.07. The lowest BCUT2D eigenvalue weighted by atomic mass is 10.5. The van der Waals surface area contributed by atoms with Gasteiger partial charge in [-0.25, -0.2) is 0 Å². The van der Waals surface area contributed by atoms with E-state index in [-0.39, 0.29) is 12.6 Å². The topological polar surface area (TPSA) is 48.7 Å². The molecule has 4 heteroatoms. The van der Waals surface area contributed by atoms with Gasteiger partial charge in [0.2, 0.25) is 0 Å². The van der Waals surface area contributed by atoms with Gasteiger partial charge in [0.15, 0.2) is 0 Å². The molecule has 0 bridgehead atoms. The summed E-state index contributed by atoms with van der Waals surface area (Å²) in [5.74, 6) is 0.476. The van der Waals surface area contributed by atoms with Crippen LogP contribution in [0.2, 0.25) is 0 Å². The molecule has 1 rings (SSSR count). The van der Waals surface area contributed by atoms with Crippen molar-refractivity contribution in [2.24, 2.45) is 0 Å². The fourth-order valence-corrected chi connectivity index (χ4v) is 0.812. The molecule has 0 amide bonds. The van der Waals surface area contributed by atoms with Crippen LogP contribution in [-0.2, 0) is 20.9 Å². The summed E-state index contributed by atoms with van der Waals surface area (Å²) < 4.78 is 14.9. The molecule has 0 fully saturated rings. The third-order valence-corrected chi connectivity index (χ3v) is 1.36. The molecule has 0 radical (unpaired) electrons. The summed E-state index contributed by atoms with van der Waals surface area (Å²) in [6, 6.07) is 3.62. The SMILES string of the molecule is CC(=O)OCCOCc1ccco1. The highest BCUT2D eigenvalue weighted by molar-refractivity contribution is 5.65. The van der Waals surface area contributed by atoms with E-state index in [0.717, 1.165) is 5.76 Å². The number of hydrogen-bond acceptors (Lipinski definition) is 4. The van der Waals surface area contributed by atoms with E-state index in [1.807, 2.05) is 6.07 Å². The molecule has 0 atom stereocenters. The average molecular weight is 184 g/mol. The lowest BCUT2D eigenvalue weighted by molar-refractivity contribution is -0.142. The van der Waals surface area contributed by atoms with Crippen LogP contribution in [0.25, 0.3) is 0 Å². The number of carbonyl (C=O) groups is 1. The first-order valence-corrected chi connectivity index (χ1v) is 4.02. The van der Waals surface area contributed by atoms with Gasteiger partial charge in [-0.2, -0.15) is 0 Å². The predicted molar refractivity (Wildman–Crippen MR) is 45.0 cm³/mol. The zero-order chi connectivity index (χ0) is 9.52. The Labute approximate surface area is 76.4 Å². The summed E-state index contributed by atoms with van der Waals surface area (Å²) in [6.07, 6.45) is 1.59. The third kappa shape index (κ3) is 4.32. The number of rotatable bonds is 5. The summed E-state index contributed by atoms with van der Waals surface area (Å²) in [6.45, 7) is 2.46.